The van der Waals surface area contributed by atoms with Gasteiger partial charge in [-0.25, -0.2) is 18.6 Å². The molecule has 0 saturated heterocycles. The monoisotopic (exact) mass is 666 g/mol. The van der Waals surface area contributed by atoms with Gasteiger partial charge in [0.15, 0.2) is 5.71 Å². The van der Waals surface area contributed by atoms with Crippen LogP contribution >= 0.6 is 0 Å². The van der Waals surface area contributed by atoms with Crippen molar-refractivity contribution in [1.82, 2.24) is 0 Å². The zero-order valence-electron chi connectivity index (χ0n) is 29.0. The molecule has 0 N–H and O–H groups in total. The van der Waals surface area contributed by atoms with Crippen molar-refractivity contribution in [3.63, 3.8) is 0 Å². The Bertz CT molecular complexity index is 1910. The molecule has 4 aromatic carbocycles. The van der Waals surface area contributed by atoms with Gasteiger partial charge in [0.05, 0.1) is 5.41 Å². The summed E-state index contributed by atoms with van der Waals surface area (Å²) in [5.41, 5.74) is 8.27. The number of fused-ring (bicyclic) bond motifs is 6. The summed E-state index contributed by atoms with van der Waals surface area (Å²) in [4.78, 5) is 2.57. The van der Waals surface area contributed by atoms with E-state index in [2.05, 4.69) is 154 Å². The molecule has 0 spiro atoms. The molecule has 0 radical (unpaired) electrons. The maximum atomic E-state index is 8.49. The quantitative estimate of drug-likeness (QED) is 0.161. The van der Waals surface area contributed by atoms with Crippen LogP contribution in [0.3, 0.4) is 0 Å². The van der Waals surface area contributed by atoms with Gasteiger partial charge in [-0.2, -0.15) is 4.58 Å². The molecule has 0 aromatic heterocycles. The average Bonchev–Trinajstić information content (AvgIpc) is 3.40. The first-order valence-corrected chi connectivity index (χ1v) is 18.2. The SMILES string of the molecule is CCCCN1C(=CC=CC=CC2=[N+](CCCC)c3ccc4ccccc4c3C2(C)C)C(C)(C)c2c1ccc1ccccc21.[O-][Cl+3]([O-])([O-])[O-]. The Kier molecular flexibility index (Phi) is 10.6. The van der Waals surface area contributed by atoms with Crippen molar-refractivity contribution in [2.45, 2.75) is 78.1 Å². The van der Waals surface area contributed by atoms with Crippen molar-refractivity contribution >= 4 is 38.6 Å². The highest BCUT2D eigenvalue weighted by molar-refractivity contribution is 6.07. The van der Waals surface area contributed by atoms with E-state index in [1.54, 1.807) is 0 Å². The molecule has 0 atom stereocenters. The van der Waals surface area contributed by atoms with Crippen LogP contribution in [0.25, 0.3) is 21.5 Å². The minimum absolute atomic E-state index is 0.0696. The van der Waals surface area contributed by atoms with Crippen molar-refractivity contribution in [1.29, 1.82) is 0 Å². The van der Waals surface area contributed by atoms with Gasteiger partial charge in [-0.05, 0) is 65.6 Å². The molecule has 4 aromatic rings. The van der Waals surface area contributed by atoms with Crippen molar-refractivity contribution in [2.75, 3.05) is 18.0 Å². The van der Waals surface area contributed by atoms with Gasteiger partial charge in [0.1, 0.15) is 6.54 Å². The third-order valence-corrected chi connectivity index (χ3v) is 9.71. The Morgan fingerprint density at radius 2 is 1.27 bits per heavy atom. The van der Waals surface area contributed by atoms with Crippen LogP contribution in [0.5, 0.6) is 0 Å². The van der Waals surface area contributed by atoms with E-state index in [4.69, 9.17) is 18.6 Å². The second kappa shape index (κ2) is 14.4. The van der Waals surface area contributed by atoms with Gasteiger partial charge in [-0.15, -0.1) is 10.2 Å². The number of rotatable bonds is 9. The molecular weight excluding hydrogens is 620 g/mol. The lowest BCUT2D eigenvalue weighted by molar-refractivity contribution is -2.00. The van der Waals surface area contributed by atoms with Crippen LogP contribution < -0.4 is 23.5 Å². The second-order valence-electron chi connectivity index (χ2n) is 13.7. The summed E-state index contributed by atoms with van der Waals surface area (Å²) in [6.45, 7) is 16.2. The van der Waals surface area contributed by atoms with Crippen LogP contribution in [0.1, 0.15) is 78.4 Å². The molecule has 6 rings (SSSR count). The minimum Gasteiger partial charge on any atom is -0.344 e. The Morgan fingerprint density at radius 1 is 0.688 bits per heavy atom. The first kappa shape index (κ1) is 35.5. The van der Waals surface area contributed by atoms with Crippen molar-refractivity contribution in [2.24, 2.45) is 0 Å². The van der Waals surface area contributed by atoms with E-state index in [1.807, 2.05) is 0 Å². The summed E-state index contributed by atoms with van der Waals surface area (Å²) in [6, 6.07) is 27.0. The van der Waals surface area contributed by atoms with Gasteiger partial charge in [0.2, 0.25) is 5.69 Å². The van der Waals surface area contributed by atoms with Crippen LogP contribution in [0.15, 0.2) is 109 Å². The van der Waals surface area contributed by atoms with Crippen molar-refractivity contribution in [3.05, 3.63) is 120 Å². The third-order valence-electron chi connectivity index (χ3n) is 9.71. The van der Waals surface area contributed by atoms with Crippen LogP contribution in [0.4, 0.5) is 11.4 Å². The van der Waals surface area contributed by atoms with E-state index in [-0.39, 0.29) is 10.8 Å². The van der Waals surface area contributed by atoms with Crippen LogP contribution in [-0.4, -0.2) is 23.4 Å². The highest BCUT2D eigenvalue weighted by Crippen LogP contribution is 2.51. The van der Waals surface area contributed by atoms with Gasteiger partial charge in [0.25, 0.3) is 0 Å². The first-order valence-electron chi connectivity index (χ1n) is 16.9. The maximum absolute atomic E-state index is 8.49. The molecule has 2 aliphatic heterocycles. The zero-order valence-corrected chi connectivity index (χ0v) is 29.7. The lowest BCUT2D eigenvalue weighted by Gasteiger charge is -2.27. The van der Waals surface area contributed by atoms with Gasteiger partial charge in [-0.1, -0.05) is 113 Å². The number of hydrogen-bond donors (Lipinski definition) is 0. The molecule has 0 saturated carbocycles. The Hall–Kier alpha value is -3.78. The first-order chi connectivity index (χ1) is 22.8. The fourth-order valence-corrected chi connectivity index (χ4v) is 7.54. The van der Waals surface area contributed by atoms with E-state index in [0.717, 1.165) is 13.1 Å². The predicted molar refractivity (Wildman–Crippen MR) is 187 cm³/mol. The normalized spacial score (nSPS) is 17.5. The van der Waals surface area contributed by atoms with E-state index in [1.165, 1.54) is 81.1 Å². The number of benzene rings is 4. The number of hydrogen-bond acceptors (Lipinski definition) is 5. The minimum atomic E-state index is -4.94. The maximum Gasteiger partial charge on any atom is 0.210 e. The zero-order chi connectivity index (χ0) is 34.7. The number of halogens is 1. The Labute approximate surface area is 287 Å². The fourth-order valence-electron chi connectivity index (χ4n) is 7.54. The highest BCUT2D eigenvalue weighted by atomic mass is 35.7. The number of anilines is 1. The summed E-state index contributed by atoms with van der Waals surface area (Å²) < 4.78 is 36.5. The topological polar surface area (TPSA) is 98.5 Å². The summed E-state index contributed by atoms with van der Waals surface area (Å²) in [5.74, 6) is 0. The van der Waals surface area contributed by atoms with E-state index in [0.29, 0.717) is 0 Å². The molecular formula is C41H47ClN2O4. The molecule has 0 amide bonds. The van der Waals surface area contributed by atoms with Crippen LogP contribution in [0.2, 0.25) is 0 Å². The molecule has 2 heterocycles. The number of nitrogens with zero attached hydrogens (tertiary/aromatic N) is 2. The van der Waals surface area contributed by atoms with E-state index in [9.17, 15) is 0 Å². The summed E-state index contributed by atoms with van der Waals surface area (Å²) in [6.07, 6.45) is 16.2. The molecule has 0 unspecified atom stereocenters. The molecule has 7 heteroatoms. The average molecular weight is 667 g/mol. The summed E-state index contributed by atoms with van der Waals surface area (Å²) in [7, 11) is -4.94. The summed E-state index contributed by atoms with van der Waals surface area (Å²) in [5, 5.41) is 5.39. The van der Waals surface area contributed by atoms with Crippen molar-refractivity contribution < 1.29 is 33.5 Å². The molecule has 48 heavy (non-hydrogen) atoms. The second-order valence-corrected chi connectivity index (χ2v) is 14.4. The molecule has 0 fully saturated rings. The Morgan fingerprint density at radius 3 is 1.90 bits per heavy atom. The lowest BCUT2D eigenvalue weighted by Crippen LogP contribution is -2.68. The van der Waals surface area contributed by atoms with Gasteiger partial charge in [0, 0.05) is 47.5 Å². The molecule has 2 aliphatic rings. The van der Waals surface area contributed by atoms with Crippen LogP contribution in [0, 0.1) is 10.2 Å². The smallest absolute Gasteiger partial charge is 0.210 e. The van der Waals surface area contributed by atoms with E-state index >= 15 is 0 Å². The lowest BCUT2D eigenvalue weighted by atomic mass is 9.79. The largest absolute Gasteiger partial charge is 0.344 e. The molecule has 0 bridgehead atoms. The van der Waals surface area contributed by atoms with Gasteiger partial charge < -0.3 is 4.90 Å². The van der Waals surface area contributed by atoms with Crippen molar-refractivity contribution in [3.8, 4) is 0 Å². The van der Waals surface area contributed by atoms with Gasteiger partial charge >= 0.3 is 0 Å². The Balaban J connectivity index is 0.000000840. The fraction of sp³-hybridized carbons (Fsp3) is 0.341. The molecule has 252 valence electrons. The number of allylic oxidation sites excluding steroid dienone is 6. The molecule has 6 nitrogen and oxygen atoms in total. The highest BCUT2D eigenvalue weighted by Gasteiger charge is 2.45. The third kappa shape index (κ3) is 7.14. The van der Waals surface area contributed by atoms with Gasteiger partial charge in [-0.3, -0.25) is 0 Å². The summed E-state index contributed by atoms with van der Waals surface area (Å²) >= 11 is 0. The van der Waals surface area contributed by atoms with E-state index < -0.39 is 10.2 Å². The molecule has 0 aliphatic carbocycles. The standard InChI is InChI=1S/C41H47N2.ClHO4/c1-7-9-28-42-34-26-24-30-18-14-16-20-32(30)38(34)40(3,4)36(42)22-12-11-13-23-37-41(5,6)39-33-21-17-15-19-31(33)25-27-35(39)43(37)29-10-8-2;2-1(3,4)5/h11-27H,7-10,28-29H2,1-6H3;(H,2,3,4,5)/q+1;/p-1. The van der Waals surface area contributed by atoms with Crippen LogP contribution in [-0.2, 0) is 10.8 Å². The number of unbranched alkanes of at least 4 members (excludes halogenated alkanes) is 2. The predicted octanol–water partition coefficient (Wildman–Crippen LogP) is 6.01.